The lowest BCUT2D eigenvalue weighted by Crippen LogP contribution is -2.30. The van der Waals surface area contributed by atoms with Gasteiger partial charge in [-0.2, -0.15) is 0 Å². The lowest BCUT2D eigenvalue weighted by atomic mass is 10.1. The lowest BCUT2D eigenvalue weighted by molar-refractivity contribution is 0.0306. The Balaban J connectivity index is 1.71. The largest absolute Gasteiger partial charge is 0.441 e. The van der Waals surface area contributed by atoms with E-state index in [0.717, 1.165) is 24.8 Å². The zero-order chi connectivity index (χ0) is 16.3. The predicted molar refractivity (Wildman–Crippen MR) is 87.7 cm³/mol. The smallest absolute Gasteiger partial charge is 0.235 e. The molecule has 0 amide bonds. The van der Waals surface area contributed by atoms with Crippen LogP contribution in [-0.4, -0.2) is 31.9 Å². The van der Waals surface area contributed by atoms with Gasteiger partial charge in [-0.1, -0.05) is 6.07 Å². The van der Waals surface area contributed by atoms with Gasteiger partial charge in [0.1, 0.15) is 5.76 Å². The summed E-state index contributed by atoms with van der Waals surface area (Å²) in [6, 6.07) is 7.01. The Bertz CT molecular complexity index is 764. The summed E-state index contributed by atoms with van der Waals surface area (Å²) >= 11 is 0. The first-order chi connectivity index (χ1) is 11.0. The van der Waals surface area contributed by atoms with Gasteiger partial charge in [-0.05, 0) is 44.4 Å². The first-order valence-corrected chi connectivity index (χ1v) is 9.32. The van der Waals surface area contributed by atoms with Gasteiger partial charge in [0.25, 0.3) is 0 Å². The summed E-state index contributed by atoms with van der Waals surface area (Å²) in [5, 5.41) is 0. The summed E-state index contributed by atoms with van der Waals surface area (Å²) in [5.41, 5.74) is 1.22. The fourth-order valence-corrected chi connectivity index (χ4v) is 3.93. The van der Waals surface area contributed by atoms with Crippen LogP contribution in [0.15, 0.2) is 34.9 Å². The van der Waals surface area contributed by atoms with E-state index in [2.05, 4.69) is 9.71 Å². The molecule has 3 rings (SSSR count). The zero-order valence-corrected chi connectivity index (χ0v) is 13.8. The van der Waals surface area contributed by atoms with Crippen LogP contribution >= 0.6 is 0 Å². The maximum atomic E-state index is 12.3. The molecule has 1 aromatic carbocycles. The molecule has 1 atom stereocenters. The minimum atomic E-state index is -3.45. The standard InChI is InChI=1S/C16H20N2O4S/c1-12-10-17-16(22-12)13-5-4-6-14(9-13)18-23(19,20)11-15-7-2-3-8-21-15/h4-6,9-10,15,18H,2-3,7-8,11H2,1H3. The SMILES string of the molecule is Cc1cnc(-c2cccc(NS(=O)(=O)CC3CCCCO3)c2)o1. The monoisotopic (exact) mass is 336 g/mol. The highest BCUT2D eigenvalue weighted by Crippen LogP contribution is 2.23. The first kappa shape index (κ1) is 16.0. The summed E-state index contributed by atoms with van der Waals surface area (Å²) in [7, 11) is -3.45. The molecule has 1 unspecified atom stereocenters. The van der Waals surface area contributed by atoms with Gasteiger partial charge < -0.3 is 9.15 Å². The van der Waals surface area contributed by atoms with Crippen LogP contribution in [0, 0.1) is 6.92 Å². The minimum Gasteiger partial charge on any atom is -0.441 e. The van der Waals surface area contributed by atoms with E-state index < -0.39 is 10.0 Å². The number of nitrogens with zero attached hydrogens (tertiary/aromatic N) is 1. The molecule has 0 radical (unpaired) electrons. The summed E-state index contributed by atoms with van der Waals surface area (Å²) < 4.78 is 38.2. The first-order valence-electron chi connectivity index (χ1n) is 7.67. The number of ether oxygens (including phenoxy) is 1. The number of hydrogen-bond donors (Lipinski definition) is 1. The fourth-order valence-electron chi connectivity index (χ4n) is 2.61. The fraction of sp³-hybridized carbons (Fsp3) is 0.438. The van der Waals surface area contributed by atoms with Gasteiger partial charge in [0.05, 0.1) is 18.1 Å². The lowest BCUT2D eigenvalue weighted by Gasteiger charge is -2.22. The quantitative estimate of drug-likeness (QED) is 0.908. The third-order valence-electron chi connectivity index (χ3n) is 3.68. The Hall–Kier alpha value is -1.86. The van der Waals surface area contributed by atoms with Crippen LogP contribution in [0.4, 0.5) is 5.69 Å². The summed E-state index contributed by atoms with van der Waals surface area (Å²) in [6.45, 7) is 2.45. The molecule has 23 heavy (non-hydrogen) atoms. The number of aryl methyl sites for hydroxylation is 1. The molecule has 0 spiro atoms. The van der Waals surface area contributed by atoms with Crippen molar-refractivity contribution in [3.8, 4) is 11.5 Å². The topological polar surface area (TPSA) is 81.4 Å². The second-order valence-electron chi connectivity index (χ2n) is 5.73. The molecule has 1 saturated heterocycles. The number of hydrogen-bond acceptors (Lipinski definition) is 5. The summed E-state index contributed by atoms with van der Waals surface area (Å²) in [5.74, 6) is 1.16. The third kappa shape index (κ3) is 4.33. The molecular formula is C16H20N2O4S. The molecular weight excluding hydrogens is 316 g/mol. The van der Waals surface area contributed by atoms with Crippen LogP contribution in [0.2, 0.25) is 0 Å². The van der Waals surface area contributed by atoms with E-state index in [9.17, 15) is 8.42 Å². The van der Waals surface area contributed by atoms with Gasteiger partial charge in [-0.25, -0.2) is 13.4 Å². The minimum absolute atomic E-state index is 0.0185. The molecule has 0 saturated carbocycles. The molecule has 1 aliphatic heterocycles. The van der Waals surface area contributed by atoms with Crippen molar-refractivity contribution in [2.75, 3.05) is 17.1 Å². The molecule has 2 heterocycles. The number of oxazole rings is 1. The highest BCUT2D eigenvalue weighted by Gasteiger charge is 2.22. The zero-order valence-electron chi connectivity index (χ0n) is 13.0. The molecule has 0 aliphatic carbocycles. The van der Waals surface area contributed by atoms with E-state index in [4.69, 9.17) is 9.15 Å². The Morgan fingerprint density at radius 2 is 2.22 bits per heavy atom. The van der Waals surface area contributed by atoms with Crippen LogP contribution in [0.5, 0.6) is 0 Å². The number of rotatable bonds is 5. The Kier molecular flexibility index (Phi) is 4.68. The molecule has 124 valence electrons. The predicted octanol–water partition coefficient (Wildman–Crippen LogP) is 2.96. The van der Waals surface area contributed by atoms with Crippen molar-refractivity contribution in [1.82, 2.24) is 4.98 Å². The second-order valence-corrected chi connectivity index (χ2v) is 7.50. The van der Waals surface area contributed by atoms with E-state index in [1.54, 1.807) is 24.4 Å². The number of nitrogens with one attached hydrogen (secondary N) is 1. The van der Waals surface area contributed by atoms with Crippen LogP contribution in [0.1, 0.15) is 25.0 Å². The molecule has 0 bridgehead atoms. The van der Waals surface area contributed by atoms with Gasteiger partial charge >= 0.3 is 0 Å². The van der Waals surface area contributed by atoms with Crippen molar-refractivity contribution in [3.63, 3.8) is 0 Å². The maximum Gasteiger partial charge on any atom is 0.235 e. The molecule has 6 nitrogen and oxygen atoms in total. The average Bonchev–Trinajstić information content (AvgIpc) is 2.94. The van der Waals surface area contributed by atoms with E-state index in [-0.39, 0.29) is 11.9 Å². The number of anilines is 1. The third-order valence-corrected chi connectivity index (χ3v) is 5.04. The van der Waals surface area contributed by atoms with Crippen LogP contribution < -0.4 is 4.72 Å². The normalized spacial score (nSPS) is 18.7. The Morgan fingerprint density at radius 3 is 2.91 bits per heavy atom. The van der Waals surface area contributed by atoms with Crippen molar-refractivity contribution in [2.24, 2.45) is 0 Å². The number of sulfonamides is 1. The highest BCUT2D eigenvalue weighted by molar-refractivity contribution is 7.92. The molecule has 1 aliphatic rings. The summed E-state index contributed by atoms with van der Waals surface area (Å²) in [6.07, 6.45) is 4.21. The van der Waals surface area contributed by atoms with E-state index in [1.165, 1.54) is 0 Å². The van der Waals surface area contributed by atoms with E-state index >= 15 is 0 Å². The second kappa shape index (κ2) is 6.72. The van der Waals surface area contributed by atoms with Crippen LogP contribution in [0.25, 0.3) is 11.5 Å². The van der Waals surface area contributed by atoms with Crippen molar-refractivity contribution < 1.29 is 17.6 Å². The van der Waals surface area contributed by atoms with Crippen LogP contribution in [-0.2, 0) is 14.8 Å². The van der Waals surface area contributed by atoms with Crippen molar-refractivity contribution >= 4 is 15.7 Å². The van der Waals surface area contributed by atoms with Gasteiger partial charge in [0, 0.05) is 17.9 Å². The van der Waals surface area contributed by atoms with Crippen LogP contribution in [0.3, 0.4) is 0 Å². The summed E-state index contributed by atoms with van der Waals surface area (Å²) in [4.78, 5) is 4.15. The molecule has 1 N–H and O–H groups in total. The maximum absolute atomic E-state index is 12.3. The van der Waals surface area contributed by atoms with E-state index in [1.807, 2.05) is 13.0 Å². The van der Waals surface area contributed by atoms with Gasteiger partial charge in [0.2, 0.25) is 15.9 Å². The highest BCUT2D eigenvalue weighted by atomic mass is 32.2. The van der Waals surface area contributed by atoms with Gasteiger partial charge in [-0.3, -0.25) is 4.72 Å². The Labute approximate surface area is 135 Å². The van der Waals surface area contributed by atoms with E-state index in [0.29, 0.717) is 23.9 Å². The average molecular weight is 336 g/mol. The molecule has 7 heteroatoms. The van der Waals surface area contributed by atoms with Gasteiger partial charge in [0.15, 0.2) is 0 Å². The molecule has 2 aromatic rings. The number of aromatic nitrogens is 1. The van der Waals surface area contributed by atoms with Crippen molar-refractivity contribution in [1.29, 1.82) is 0 Å². The van der Waals surface area contributed by atoms with Gasteiger partial charge in [-0.15, -0.1) is 0 Å². The number of benzene rings is 1. The Morgan fingerprint density at radius 1 is 1.35 bits per heavy atom. The molecule has 1 aromatic heterocycles. The van der Waals surface area contributed by atoms with Crippen molar-refractivity contribution in [3.05, 3.63) is 36.2 Å². The van der Waals surface area contributed by atoms with Crippen molar-refractivity contribution in [2.45, 2.75) is 32.3 Å². The molecule has 1 fully saturated rings.